The summed E-state index contributed by atoms with van der Waals surface area (Å²) in [6.07, 6.45) is 0.908. The lowest BCUT2D eigenvalue weighted by atomic mass is 10.4. The van der Waals surface area contributed by atoms with Gasteiger partial charge in [0.2, 0.25) is 0 Å². The van der Waals surface area contributed by atoms with Crippen molar-refractivity contribution in [3.63, 3.8) is 0 Å². The van der Waals surface area contributed by atoms with Crippen LogP contribution in [-0.2, 0) is 6.54 Å². The Morgan fingerprint density at radius 3 is 2.73 bits per heavy atom. The summed E-state index contributed by atoms with van der Waals surface area (Å²) >= 11 is 0. The summed E-state index contributed by atoms with van der Waals surface area (Å²) in [6.45, 7) is 4.55. The largest absolute Gasteiger partial charge is 0.327 e. The van der Waals surface area contributed by atoms with Crippen molar-refractivity contribution in [2.75, 3.05) is 0 Å². The van der Waals surface area contributed by atoms with Crippen molar-refractivity contribution < 1.29 is 0 Å². The van der Waals surface area contributed by atoms with Gasteiger partial charge in [0.15, 0.2) is 11.2 Å². The Hall–Kier alpha value is -1.85. The maximum absolute atomic E-state index is 11.6. The van der Waals surface area contributed by atoms with Gasteiger partial charge in [-0.05, 0) is 13.3 Å². The van der Waals surface area contributed by atoms with Gasteiger partial charge in [0.05, 0.1) is 0 Å². The minimum atomic E-state index is -0.520. The number of aryl methyl sites for hydroxylation is 2. The highest BCUT2D eigenvalue weighted by atomic mass is 16.2. The maximum Gasteiger partial charge on any atom is 0.327 e. The van der Waals surface area contributed by atoms with Crippen molar-refractivity contribution in [2.24, 2.45) is 0 Å². The summed E-state index contributed by atoms with van der Waals surface area (Å²) in [5.41, 5.74) is -0.111. The molecule has 2 rings (SSSR count). The van der Waals surface area contributed by atoms with Crippen molar-refractivity contribution >= 4 is 11.2 Å². The first-order valence-corrected chi connectivity index (χ1v) is 4.83. The fraction of sp³-hybridized carbons (Fsp3) is 0.444. The Kier molecular flexibility index (Phi) is 2.18. The molecule has 0 aliphatic heterocycles. The fourth-order valence-electron chi connectivity index (χ4n) is 1.68. The lowest BCUT2D eigenvalue weighted by Gasteiger charge is -2.01. The van der Waals surface area contributed by atoms with Gasteiger partial charge in [0.25, 0.3) is 5.56 Å². The number of nitrogens with one attached hydrogen (secondary N) is 2. The predicted molar refractivity (Wildman–Crippen MR) is 56.0 cm³/mol. The van der Waals surface area contributed by atoms with Crippen molar-refractivity contribution in [3.8, 4) is 0 Å². The second kappa shape index (κ2) is 3.38. The molecule has 0 atom stereocenters. The fourth-order valence-corrected chi connectivity index (χ4v) is 1.68. The van der Waals surface area contributed by atoms with Gasteiger partial charge < -0.3 is 4.57 Å². The first kappa shape index (κ1) is 9.70. The van der Waals surface area contributed by atoms with E-state index < -0.39 is 5.69 Å². The molecule has 0 saturated carbocycles. The van der Waals surface area contributed by atoms with Crippen LogP contribution in [0.5, 0.6) is 0 Å². The van der Waals surface area contributed by atoms with Gasteiger partial charge in [-0.25, -0.2) is 9.78 Å². The van der Waals surface area contributed by atoms with E-state index in [0.717, 1.165) is 18.8 Å². The van der Waals surface area contributed by atoms with E-state index >= 15 is 0 Å². The van der Waals surface area contributed by atoms with Gasteiger partial charge in [-0.15, -0.1) is 0 Å². The van der Waals surface area contributed by atoms with Gasteiger partial charge in [0, 0.05) is 6.54 Å². The van der Waals surface area contributed by atoms with Gasteiger partial charge in [-0.2, -0.15) is 0 Å². The van der Waals surface area contributed by atoms with E-state index in [4.69, 9.17) is 0 Å². The maximum atomic E-state index is 11.6. The summed E-state index contributed by atoms with van der Waals surface area (Å²) in [7, 11) is 0. The number of hydrogen-bond acceptors (Lipinski definition) is 3. The average Bonchev–Trinajstić information content (AvgIpc) is 2.43. The van der Waals surface area contributed by atoms with Crippen LogP contribution in [0.25, 0.3) is 11.2 Å². The Morgan fingerprint density at radius 2 is 2.07 bits per heavy atom. The van der Waals surface area contributed by atoms with Crippen LogP contribution in [0.4, 0.5) is 0 Å². The van der Waals surface area contributed by atoms with E-state index in [-0.39, 0.29) is 5.56 Å². The normalized spacial score (nSPS) is 11.1. The number of fused-ring (bicyclic) bond motifs is 1. The highest BCUT2D eigenvalue weighted by Crippen LogP contribution is 2.08. The zero-order valence-corrected chi connectivity index (χ0v) is 8.63. The van der Waals surface area contributed by atoms with Crippen molar-refractivity contribution in [1.29, 1.82) is 0 Å². The number of aromatic nitrogens is 4. The zero-order valence-electron chi connectivity index (χ0n) is 8.63. The van der Waals surface area contributed by atoms with Crippen molar-refractivity contribution in [2.45, 2.75) is 26.8 Å². The topological polar surface area (TPSA) is 83.5 Å². The number of aromatic amines is 2. The monoisotopic (exact) mass is 208 g/mol. The first-order valence-electron chi connectivity index (χ1n) is 4.83. The summed E-state index contributed by atoms with van der Waals surface area (Å²) in [5, 5.41) is 0. The molecule has 0 bridgehead atoms. The third-order valence-electron chi connectivity index (χ3n) is 2.28. The van der Waals surface area contributed by atoms with E-state index in [1.54, 1.807) is 0 Å². The molecule has 6 heteroatoms. The minimum absolute atomic E-state index is 0.356. The molecule has 0 aromatic carbocycles. The quantitative estimate of drug-likeness (QED) is 0.735. The number of H-pyrrole nitrogens is 2. The molecule has 80 valence electrons. The molecule has 0 aliphatic rings. The summed E-state index contributed by atoms with van der Waals surface area (Å²) < 4.78 is 1.81. The van der Waals surface area contributed by atoms with Crippen molar-refractivity contribution in [3.05, 3.63) is 26.7 Å². The van der Waals surface area contributed by atoms with E-state index in [1.165, 1.54) is 0 Å². The molecule has 2 heterocycles. The van der Waals surface area contributed by atoms with Crippen molar-refractivity contribution in [1.82, 2.24) is 19.5 Å². The molecule has 0 radical (unpaired) electrons. The molecule has 0 fully saturated rings. The number of hydrogen-bond donors (Lipinski definition) is 2. The lowest BCUT2D eigenvalue weighted by Crippen LogP contribution is -2.23. The molecule has 2 aromatic rings. The Balaban J connectivity index is 2.87. The molecule has 6 nitrogen and oxygen atoms in total. The van der Waals surface area contributed by atoms with E-state index in [1.807, 2.05) is 18.4 Å². The molecule has 0 saturated heterocycles. The average molecular weight is 208 g/mol. The molecule has 2 aromatic heterocycles. The van der Waals surface area contributed by atoms with Crippen LogP contribution in [0.15, 0.2) is 9.59 Å². The molecule has 0 unspecified atom stereocenters. The lowest BCUT2D eigenvalue weighted by molar-refractivity contribution is 0.673. The standard InChI is InChI=1S/C9H12N4O2/c1-3-4-13-5(2)10-7-6(13)8(14)12-9(15)11-7/h3-4H2,1-2H3,(H2,11,12,14,15). The highest BCUT2D eigenvalue weighted by molar-refractivity contribution is 5.69. The molecular weight excluding hydrogens is 196 g/mol. The van der Waals surface area contributed by atoms with Gasteiger partial charge in [-0.1, -0.05) is 6.92 Å². The summed E-state index contributed by atoms with van der Waals surface area (Å²) in [5.74, 6) is 0.735. The second-order valence-corrected chi connectivity index (χ2v) is 3.42. The molecular formula is C9H12N4O2. The SMILES string of the molecule is CCCn1c(C)nc2[nH]c(=O)[nH]c(=O)c21. The number of imidazole rings is 1. The smallest absolute Gasteiger partial charge is 0.322 e. The third-order valence-corrected chi connectivity index (χ3v) is 2.28. The van der Waals surface area contributed by atoms with Crippen LogP contribution < -0.4 is 11.2 Å². The van der Waals surface area contributed by atoms with Gasteiger partial charge >= 0.3 is 5.69 Å². The second-order valence-electron chi connectivity index (χ2n) is 3.42. The Bertz CT molecular complexity index is 605. The van der Waals surface area contributed by atoms with Crippen LogP contribution in [0, 0.1) is 6.92 Å². The molecule has 15 heavy (non-hydrogen) atoms. The number of rotatable bonds is 2. The summed E-state index contributed by atoms with van der Waals surface area (Å²) in [6, 6.07) is 0. The van der Waals surface area contributed by atoms with Gasteiger partial charge in [0.1, 0.15) is 5.82 Å². The van der Waals surface area contributed by atoms with E-state index in [9.17, 15) is 9.59 Å². The van der Waals surface area contributed by atoms with Crippen LogP contribution >= 0.6 is 0 Å². The van der Waals surface area contributed by atoms with Crippen LogP contribution in [0.2, 0.25) is 0 Å². The highest BCUT2D eigenvalue weighted by Gasteiger charge is 2.10. The predicted octanol–water partition coefficient (Wildman–Crippen LogP) is 0.131. The Morgan fingerprint density at radius 1 is 1.33 bits per heavy atom. The first-order chi connectivity index (χ1) is 7.13. The molecule has 0 spiro atoms. The third kappa shape index (κ3) is 1.47. The summed E-state index contributed by atoms with van der Waals surface area (Å²) in [4.78, 5) is 31.4. The van der Waals surface area contributed by atoms with Crippen LogP contribution in [0.3, 0.4) is 0 Å². The van der Waals surface area contributed by atoms with Gasteiger partial charge in [-0.3, -0.25) is 14.8 Å². The molecule has 0 aliphatic carbocycles. The molecule has 2 N–H and O–H groups in total. The van der Waals surface area contributed by atoms with Crippen LogP contribution in [-0.4, -0.2) is 19.5 Å². The van der Waals surface area contributed by atoms with Crippen LogP contribution in [0.1, 0.15) is 19.2 Å². The van der Waals surface area contributed by atoms with E-state index in [0.29, 0.717) is 11.2 Å². The molecule has 0 amide bonds. The number of nitrogens with zero attached hydrogens (tertiary/aromatic N) is 2. The minimum Gasteiger partial charge on any atom is -0.322 e. The zero-order chi connectivity index (χ0) is 11.0. The Labute approximate surface area is 85.0 Å². The van der Waals surface area contributed by atoms with E-state index in [2.05, 4.69) is 15.0 Å².